The lowest BCUT2D eigenvalue weighted by Gasteiger charge is -2.22. The Kier molecular flexibility index (Phi) is 5.52. The molecular weight excluding hydrogens is 370 g/mol. The van der Waals surface area contributed by atoms with Gasteiger partial charge >= 0.3 is 0 Å². The summed E-state index contributed by atoms with van der Waals surface area (Å²) < 4.78 is 18.0. The average Bonchev–Trinajstić information content (AvgIpc) is 2.55. The molecule has 0 spiro atoms. The Bertz CT molecular complexity index is 647. The van der Waals surface area contributed by atoms with Crippen molar-refractivity contribution < 1.29 is 14.2 Å². The Morgan fingerprint density at radius 2 is 2.18 bits per heavy atom. The van der Waals surface area contributed by atoms with Gasteiger partial charge in [0.05, 0.1) is 6.61 Å². The van der Waals surface area contributed by atoms with E-state index in [2.05, 4.69) is 20.9 Å². The molecule has 1 aromatic heterocycles. The van der Waals surface area contributed by atoms with Crippen LogP contribution in [0.15, 0.2) is 28.9 Å². The van der Waals surface area contributed by atoms with Crippen molar-refractivity contribution in [3.8, 4) is 5.75 Å². The molecule has 1 aromatic carbocycles. The lowest BCUT2D eigenvalue weighted by molar-refractivity contribution is -0.165. The van der Waals surface area contributed by atoms with E-state index in [-0.39, 0.29) is 6.29 Å². The fourth-order valence-electron chi connectivity index (χ4n) is 2.45. The summed E-state index contributed by atoms with van der Waals surface area (Å²) in [5, 5.41) is 2.37. The van der Waals surface area contributed by atoms with Crippen molar-refractivity contribution in [3.63, 3.8) is 0 Å². The summed E-state index contributed by atoms with van der Waals surface area (Å²) in [6.07, 6.45) is 4.89. The molecule has 2 aromatic rings. The summed E-state index contributed by atoms with van der Waals surface area (Å²) in [6.45, 7) is 1.76. The minimum Gasteiger partial charge on any atom is -0.490 e. The monoisotopic (exact) mass is 385 g/mol. The van der Waals surface area contributed by atoms with E-state index >= 15 is 0 Å². The molecule has 4 nitrogen and oxygen atoms in total. The van der Waals surface area contributed by atoms with Crippen LogP contribution >= 0.6 is 27.5 Å². The number of fused-ring (bicyclic) bond motifs is 1. The van der Waals surface area contributed by atoms with Gasteiger partial charge in [0, 0.05) is 28.0 Å². The van der Waals surface area contributed by atoms with Crippen molar-refractivity contribution in [1.29, 1.82) is 0 Å². The summed E-state index contributed by atoms with van der Waals surface area (Å²) in [4.78, 5) is 4.12. The minimum absolute atomic E-state index is 0.0838. The average molecular weight is 387 g/mol. The van der Waals surface area contributed by atoms with E-state index in [4.69, 9.17) is 25.8 Å². The molecule has 0 aliphatic carbocycles. The van der Waals surface area contributed by atoms with Gasteiger partial charge in [0.1, 0.15) is 17.5 Å². The molecule has 118 valence electrons. The second-order valence-corrected chi connectivity index (χ2v) is 6.36. The molecular formula is C16H17BrClNO3. The largest absolute Gasteiger partial charge is 0.490 e. The molecule has 1 aliphatic heterocycles. The molecule has 1 saturated heterocycles. The minimum atomic E-state index is -0.0838. The van der Waals surface area contributed by atoms with Crippen molar-refractivity contribution in [2.75, 3.05) is 19.8 Å². The first-order valence-corrected chi connectivity index (χ1v) is 8.51. The SMILES string of the molecule is Clc1cc2c(Br)ccc(OCCOC3CCCCO3)c2cn1. The summed E-state index contributed by atoms with van der Waals surface area (Å²) in [6, 6.07) is 5.68. The third kappa shape index (κ3) is 3.90. The smallest absolute Gasteiger partial charge is 0.157 e. The maximum absolute atomic E-state index is 5.95. The Morgan fingerprint density at radius 3 is 3.00 bits per heavy atom. The molecule has 0 radical (unpaired) electrons. The molecule has 3 rings (SSSR count). The highest BCUT2D eigenvalue weighted by atomic mass is 79.9. The summed E-state index contributed by atoms with van der Waals surface area (Å²) in [5.74, 6) is 0.774. The predicted octanol–water partition coefficient (Wildman–Crippen LogP) is 4.57. The van der Waals surface area contributed by atoms with Crippen LogP contribution in [0, 0.1) is 0 Å². The van der Waals surface area contributed by atoms with Gasteiger partial charge in [-0.25, -0.2) is 4.98 Å². The second kappa shape index (κ2) is 7.59. The van der Waals surface area contributed by atoms with Crippen LogP contribution < -0.4 is 4.74 Å². The number of halogens is 2. The molecule has 0 saturated carbocycles. The molecule has 22 heavy (non-hydrogen) atoms. The molecule has 1 atom stereocenters. The van der Waals surface area contributed by atoms with E-state index in [1.807, 2.05) is 18.2 Å². The van der Waals surface area contributed by atoms with Crippen molar-refractivity contribution >= 4 is 38.3 Å². The predicted molar refractivity (Wildman–Crippen MR) is 89.5 cm³/mol. The van der Waals surface area contributed by atoms with E-state index in [1.165, 1.54) is 0 Å². The first kappa shape index (κ1) is 16.0. The van der Waals surface area contributed by atoms with Crippen LogP contribution in [0.4, 0.5) is 0 Å². The van der Waals surface area contributed by atoms with Gasteiger partial charge in [-0.15, -0.1) is 0 Å². The van der Waals surface area contributed by atoms with Crippen LogP contribution in [0.3, 0.4) is 0 Å². The van der Waals surface area contributed by atoms with Crippen molar-refractivity contribution in [2.45, 2.75) is 25.6 Å². The number of pyridine rings is 1. The normalized spacial score (nSPS) is 18.5. The van der Waals surface area contributed by atoms with Crippen LogP contribution in [-0.4, -0.2) is 31.1 Å². The Labute approximate surface area is 142 Å². The molecule has 1 fully saturated rings. The van der Waals surface area contributed by atoms with Gasteiger partial charge in [-0.05, 0) is 37.5 Å². The fourth-order valence-corrected chi connectivity index (χ4v) is 3.07. The first-order valence-electron chi connectivity index (χ1n) is 7.34. The number of nitrogens with zero attached hydrogens (tertiary/aromatic N) is 1. The highest BCUT2D eigenvalue weighted by Crippen LogP contribution is 2.32. The topological polar surface area (TPSA) is 40.6 Å². The lowest BCUT2D eigenvalue weighted by atomic mass is 10.1. The number of hydrogen-bond acceptors (Lipinski definition) is 4. The quantitative estimate of drug-likeness (QED) is 0.557. The van der Waals surface area contributed by atoms with Crippen molar-refractivity contribution in [1.82, 2.24) is 4.98 Å². The third-order valence-electron chi connectivity index (χ3n) is 3.56. The van der Waals surface area contributed by atoms with Gasteiger partial charge in [-0.2, -0.15) is 0 Å². The van der Waals surface area contributed by atoms with Crippen LogP contribution in [-0.2, 0) is 9.47 Å². The number of hydrogen-bond donors (Lipinski definition) is 0. The summed E-state index contributed by atoms with van der Waals surface area (Å²) in [5.41, 5.74) is 0. The zero-order valence-electron chi connectivity index (χ0n) is 12.1. The number of ether oxygens (including phenoxy) is 3. The van der Waals surface area contributed by atoms with E-state index < -0.39 is 0 Å². The van der Waals surface area contributed by atoms with Crippen LogP contribution in [0.1, 0.15) is 19.3 Å². The molecule has 6 heteroatoms. The third-order valence-corrected chi connectivity index (χ3v) is 4.46. The van der Waals surface area contributed by atoms with Gasteiger partial charge < -0.3 is 14.2 Å². The lowest BCUT2D eigenvalue weighted by Crippen LogP contribution is -2.24. The second-order valence-electron chi connectivity index (χ2n) is 5.11. The Hall–Kier alpha value is -0.880. The van der Waals surface area contributed by atoms with Crippen molar-refractivity contribution in [3.05, 3.63) is 34.0 Å². The standard InChI is InChI=1S/C16H17BrClNO3/c17-13-4-5-14(12-10-19-15(18)9-11(12)13)20-7-8-22-16-3-1-2-6-21-16/h4-5,9-10,16H,1-3,6-8H2. The van der Waals surface area contributed by atoms with Crippen LogP contribution in [0.5, 0.6) is 5.75 Å². The maximum atomic E-state index is 5.95. The summed E-state index contributed by atoms with van der Waals surface area (Å²) in [7, 11) is 0. The van der Waals surface area contributed by atoms with Gasteiger partial charge in [-0.1, -0.05) is 27.5 Å². The molecule has 0 N–H and O–H groups in total. The first-order chi connectivity index (χ1) is 10.7. The molecule has 0 amide bonds. The maximum Gasteiger partial charge on any atom is 0.157 e. The summed E-state index contributed by atoms with van der Waals surface area (Å²) >= 11 is 9.47. The van der Waals surface area contributed by atoms with E-state index in [0.29, 0.717) is 18.4 Å². The van der Waals surface area contributed by atoms with Gasteiger partial charge in [0.2, 0.25) is 0 Å². The highest BCUT2D eigenvalue weighted by molar-refractivity contribution is 9.10. The van der Waals surface area contributed by atoms with Gasteiger partial charge in [0.25, 0.3) is 0 Å². The Balaban J connectivity index is 1.60. The molecule has 1 aliphatic rings. The number of benzene rings is 1. The number of aromatic nitrogens is 1. The molecule has 0 bridgehead atoms. The zero-order chi connectivity index (χ0) is 15.4. The molecule has 1 unspecified atom stereocenters. The van der Waals surface area contributed by atoms with Gasteiger partial charge in [0.15, 0.2) is 6.29 Å². The van der Waals surface area contributed by atoms with Crippen LogP contribution in [0.2, 0.25) is 5.15 Å². The fraction of sp³-hybridized carbons (Fsp3) is 0.438. The van der Waals surface area contributed by atoms with E-state index in [0.717, 1.165) is 46.9 Å². The van der Waals surface area contributed by atoms with E-state index in [9.17, 15) is 0 Å². The highest BCUT2D eigenvalue weighted by Gasteiger charge is 2.14. The molecule has 2 heterocycles. The van der Waals surface area contributed by atoms with Gasteiger partial charge in [-0.3, -0.25) is 0 Å². The van der Waals surface area contributed by atoms with Crippen LogP contribution in [0.25, 0.3) is 10.8 Å². The zero-order valence-corrected chi connectivity index (χ0v) is 14.4. The Morgan fingerprint density at radius 1 is 1.27 bits per heavy atom. The number of rotatable bonds is 5. The van der Waals surface area contributed by atoms with E-state index in [1.54, 1.807) is 6.20 Å². The van der Waals surface area contributed by atoms with Crippen molar-refractivity contribution in [2.24, 2.45) is 0 Å².